The molecule has 2 aromatic heterocycles. The number of nitrogens with zero attached hydrogens (tertiary/aromatic N) is 2. The van der Waals surface area contributed by atoms with Crippen LogP contribution in [-0.2, 0) is 7.05 Å². The van der Waals surface area contributed by atoms with Crippen molar-refractivity contribution in [1.29, 1.82) is 0 Å². The number of fused-ring (bicyclic) bond motifs is 1. The Kier molecular flexibility index (Phi) is 3.44. The normalized spacial score (nSPS) is 17.8. The molecular weight excluding hydrogens is 307 g/mol. The van der Waals surface area contributed by atoms with Gasteiger partial charge in [0.25, 0.3) is 5.91 Å². The number of hydrogen-bond donors (Lipinski definition) is 0. The molecule has 3 aromatic rings. The Morgan fingerprint density at radius 3 is 2.92 bits per heavy atom. The summed E-state index contributed by atoms with van der Waals surface area (Å²) >= 11 is 0. The van der Waals surface area contributed by atoms with E-state index in [1.165, 1.54) is 12.1 Å². The molecule has 1 aliphatic rings. The quantitative estimate of drug-likeness (QED) is 0.708. The van der Waals surface area contributed by atoms with Gasteiger partial charge in [0.05, 0.1) is 12.3 Å². The molecule has 4 rings (SSSR count). The number of aromatic nitrogens is 1. The maximum atomic E-state index is 13.6. The van der Waals surface area contributed by atoms with E-state index in [2.05, 4.69) is 0 Å². The molecule has 0 bridgehead atoms. The van der Waals surface area contributed by atoms with Crippen molar-refractivity contribution < 1.29 is 13.6 Å². The van der Waals surface area contributed by atoms with E-state index in [1.807, 2.05) is 35.6 Å². The van der Waals surface area contributed by atoms with Gasteiger partial charge in [-0.2, -0.15) is 0 Å². The van der Waals surface area contributed by atoms with Gasteiger partial charge in [-0.3, -0.25) is 4.79 Å². The van der Waals surface area contributed by atoms with E-state index in [0.717, 1.165) is 35.1 Å². The molecule has 1 aliphatic heterocycles. The molecule has 3 heterocycles. The Hall–Kier alpha value is -2.56. The van der Waals surface area contributed by atoms with Crippen LogP contribution in [0.4, 0.5) is 4.39 Å². The van der Waals surface area contributed by atoms with Crippen LogP contribution >= 0.6 is 0 Å². The first kappa shape index (κ1) is 15.0. The second-order valence-electron chi connectivity index (χ2n) is 6.37. The Balaban J connectivity index is 1.78. The predicted octanol–water partition coefficient (Wildman–Crippen LogP) is 4.20. The number of halogens is 1. The molecule has 4 nitrogen and oxygen atoms in total. The zero-order valence-electron chi connectivity index (χ0n) is 13.8. The van der Waals surface area contributed by atoms with Crippen LogP contribution in [0.1, 0.15) is 40.7 Å². The van der Waals surface area contributed by atoms with Gasteiger partial charge in [0.1, 0.15) is 17.3 Å². The monoisotopic (exact) mass is 326 g/mol. The molecule has 0 saturated carbocycles. The van der Waals surface area contributed by atoms with Crippen LogP contribution in [0.15, 0.2) is 41.0 Å². The number of carbonyl (C=O) groups is 1. The van der Waals surface area contributed by atoms with Crippen molar-refractivity contribution in [2.75, 3.05) is 6.54 Å². The first-order valence-corrected chi connectivity index (χ1v) is 8.17. The lowest BCUT2D eigenvalue weighted by Gasteiger charge is -2.24. The molecular formula is C19H19FN2O2. The topological polar surface area (TPSA) is 38.4 Å². The molecule has 1 saturated heterocycles. The molecule has 0 unspecified atom stereocenters. The number of hydrogen-bond acceptors (Lipinski definition) is 2. The molecule has 124 valence electrons. The van der Waals surface area contributed by atoms with E-state index in [-0.39, 0.29) is 17.8 Å². The van der Waals surface area contributed by atoms with E-state index in [9.17, 15) is 9.18 Å². The summed E-state index contributed by atoms with van der Waals surface area (Å²) in [6.45, 7) is 2.59. The molecule has 1 amide bonds. The molecule has 0 aliphatic carbocycles. The van der Waals surface area contributed by atoms with Gasteiger partial charge in [-0.15, -0.1) is 0 Å². The molecule has 1 aromatic carbocycles. The summed E-state index contributed by atoms with van der Waals surface area (Å²) in [5.41, 5.74) is 2.31. The van der Waals surface area contributed by atoms with E-state index in [0.29, 0.717) is 12.2 Å². The molecule has 1 atom stereocenters. The van der Waals surface area contributed by atoms with Crippen molar-refractivity contribution in [2.24, 2.45) is 7.05 Å². The first-order chi connectivity index (χ1) is 11.6. The number of benzene rings is 1. The van der Waals surface area contributed by atoms with Crippen LogP contribution in [0.5, 0.6) is 0 Å². The summed E-state index contributed by atoms with van der Waals surface area (Å²) in [6, 6.07) is 8.39. The van der Waals surface area contributed by atoms with Crippen molar-refractivity contribution in [2.45, 2.75) is 25.8 Å². The summed E-state index contributed by atoms with van der Waals surface area (Å²) in [7, 11) is 1.86. The van der Waals surface area contributed by atoms with E-state index in [4.69, 9.17) is 4.42 Å². The zero-order valence-corrected chi connectivity index (χ0v) is 13.8. The fraction of sp³-hybridized carbons (Fsp3) is 0.316. The van der Waals surface area contributed by atoms with Crippen molar-refractivity contribution in [3.05, 3.63) is 59.4 Å². The van der Waals surface area contributed by atoms with Crippen LogP contribution in [0.2, 0.25) is 0 Å². The highest BCUT2D eigenvalue weighted by molar-refractivity contribution is 6.01. The van der Waals surface area contributed by atoms with Crippen LogP contribution in [0.3, 0.4) is 0 Å². The highest BCUT2D eigenvalue weighted by Gasteiger charge is 2.34. The minimum Gasteiger partial charge on any atom is -0.467 e. The van der Waals surface area contributed by atoms with Crippen LogP contribution in [-0.4, -0.2) is 21.9 Å². The number of aryl methyl sites for hydroxylation is 2. The SMILES string of the molecule is Cc1c(C(=O)N2CCC[C@H]2c2ccco2)n(C)c2ccc(F)cc12. The number of carbonyl (C=O) groups excluding carboxylic acids is 1. The first-order valence-electron chi connectivity index (χ1n) is 8.17. The van der Waals surface area contributed by atoms with Gasteiger partial charge in [-0.05, 0) is 55.7 Å². The minimum absolute atomic E-state index is 0.0227. The second-order valence-corrected chi connectivity index (χ2v) is 6.37. The van der Waals surface area contributed by atoms with Crippen LogP contribution in [0, 0.1) is 12.7 Å². The van der Waals surface area contributed by atoms with Gasteiger partial charge in [0, 0.05) is 24.5 Å². The maximum Gasteiger partial charge on any atom is 0.271 e. The zero-order chi connectivity index (χ0) is 16.8. The van der Waals surface area contributed by atoms with Gasteiger partial charge in [-0.1, -0.05) is 0 Å². The average molecular weight is 326 g/mol. The highest BCUT2D eigenvalue weighted by Crippen LogP contribution is 2.35. The molecule has 5 heteroatoms. The van der Waals surface area contributed by atoms with Gasteiger partial charge in [-0.25, -0.2) is 4.39 Å². The lowest BCUT2D eigenvalue weighted by Crippen LogP contribution is -2.32. The summed E-state index contributed by atoms with van der Waals surface area (Å²) in [5, 5.41) is 0.787. The fourth-order valence-electron chi connectivity index (χ4n) is 3.83. The number of amides is 1. The fourth-order valence-corrected chi connectivity index (χ4v) is 3.83. The number of rotatable bonds is 2. The van der Waals surface area contributed by atoms with E-state index in [1.54, 1.807) is 12.3 Å². The highest BCUT2D eigenvalue weighted by atomic mass is 19.1. The third kappa shape index (κ3) is 2.15. The van der Waals surface area contributed by atoms with Crippen LogP contribution in [0.25, 0.3) is 10.9 Å². The summed E-state index contributed by atoms with van der Waals surface area (Å²) in [4.78, 5) is 15.1. The summed E-state index contributed by atoms with van der Waals surface area (Å²) in [5.74, 6) is 0.513. The Labute approximate surface area is 139 Å². The van der Waals surface area contributed by atoms with Gasteiger partial charge in [0.15, 0.2) is 0 Å². The maximum absolute atomic E-state index is 13.6. The van der Waals surface area contributed by atoms with Crippen molar-refractivity contribution in [1.82, 2.24) is 9.47 Å². The van der Waals surface area contributed by atoms with Crippen molar-refractivity contribution >= 4 is 16.8 Å². The molecule has 1 fully saturated rings. The third-order valence-corrected chi connectivity index (χ3v) is 5.00. The minimum atomic E-state index is -0.287. The number of furan rings is 1. The Bertz CT molecular complexity index is 911. The number of likely N-dealkylation sites (tertiary alicyclic amines) is 1. The van der Waals surface area contributed by atoms with Gasteiger partial charge < -0.3 is 13.9 Å². The van der Waals surface area contributed by atoms with E-state index >= 15 is 0 Å². The second kappa shape index (κ2) is 5.51. The predicted molar refractivity (Wildman–Crippen MR) is 89.3 cm³/mol. The van der Waals surface area contributed by atoms with E-state index < -0.39 is 0 Å². The molecule has 24 heavy (non-hydrogen) atoms. The third-order valence-electron chi connectivity index (χ3n) is 5.00. The lowest BCUT2D eigenvalue weighted by atomic mass is 10.1. The largest absolute Gasteiger partial charge is 0.467 e. The van der Waals surface area contributed by atoms with Gasteiger partial charge in [0.2, 0.25) is 0 Å². The Morgan fingerprint density at radius 2 is 2.17 bits per heavy atom. The Morgan fingerprint density at radius 1 is 1.33 bits per heavy atom. The molecule has 0 radical (unpaired) electrons. The van der Waals surface area contributed by atoms with Crippen molar-refractivity contribution in [3.63, 3.8) is 0 Å². The summed E-state index contributed by atoms with van der Waals surface area (Å²) in [6.07, 6.45) is 3.49. The molecule has 0 N–H and O–H groups in total. The summed E-state index contributed by atoms with van der Waals surface area (Å²) < 4.78 is 21.0. The lowest BCUT2D eigenvalue weighted by molar-refractivity contribution is 0.0710. The standard InChI is InChI=1S/C19H19FN2O2/c1-12-14-11-13(20)7-8-15(14)21(2)18(12)19(23)22-9-3-5-16(22)17-6-4-10-24-17/h4,6-8,10-11,16H,3,5,9H2,1-2H3/t16-/m0/s1. The van der Waals surface area contributed by atoms with Crippen LogP contribution < -0.4 is 0 Å². The molecule has 0 spiro atoms. The smallest absolute Gasteiger partial charge is 0.271 e. The average Bonchev–Trinajstić information content (AvgIpc) is 3.28. The van der Waals surface area contributed by atoms with Crippen molar-refractivity contribution in [3.8, 4) is 0 Å². The van der Waals surface area contributed by atoms with Gasteiger partial charge >= 0.3 is 0 Å².